The average molecular weight is 155 g/mol. The Bertz CT molecular complexity index is 130. The van der Waals surface area contributed by atoms with Crippen LogP contribution in [0.25, 0.3) is 0 Å². The van der Waals surface area contributed by atoms with Gasteiger partial charge >= 0.3 is 0 Å². The fraction of sp³-hybridized carbons (Fsp3) is 0.667. The summed E-state index contributed by atoms with van der Waals surface area (Å²) in [5.41, 5.74) is 5.11. The average Bonchev–Trinajstić information content (AvgIpc) is 2.04. The second kappa shape index (κ2) is 7.48. The fourth-order valence-electron chi connectivity index (χ4n) is 0.795. The van der Waals surface area contributed by atoms with Gasteiger partial charge in [-0.25, -0.2) is 0 Å². The Labute approximate surface area is 68.5 Å². The number of unbranched alkanes of at least 4 members (excludes halogenated alkanes) is 3. The van der Waals surface area contributed by atoms with Gasteiger partial charge in [0.05, 0.1) is 6.54 Å². The highest BCUT2D eigenvalue weighted by molar-refractivity contribution is 5.91. The maximum Gasteiger partial charge on any atom is 0.168 e. The molecule has 0 aliphatic carbocycles. The van der Waals surface area contributed by atoms with Crippen LogP contribution in [0.15, 0.2) is 12.2 Å². The van der Waals surface area contributed by atoms with Crippen molar-refractivity contribution >= 4 is 5.78 Å². The van der Waals surface area contributed by atoms with Gasteiger partial charge in [0, 0.05) is 0 Å². The molecule has 0 saturated carbocycles. The Kier molecular flexibility index (Phi) is 7.05. The molecule has 64 valence electrons. The first kappa shape index (κ1) is 10.4. The van der Waals surface area contributed by atoms with Crippen molar-refractivity contribution in [3.8, 4) is 0 Å². The quantitative estimate of drug-likeness (QED) is 0.468. The van der Waals surface area contributed by atoms with E-state index in [1.807, 2.05) is 6.08 Å². The second-order valence-corrected chi connectivity index (χ2v) is 2.57. The molecule has 0 aromatic heterocycles. The topological polar surface area (TPSA) is 43.1 Å². The minimum absolute atomic E-state index is 0.0153. The minimum atomic E-state index is 0.0153. The molecule has 0 unspecified atom stereocenters. The van der Waals surface area contributed by atoms with Crippen molar-refractivity contribution in [1.29, 1.82) is 0 Å². The molecule has 0 fully saturated rings. The van der Waals surface area contributed by atoms with Gasteiger partial charge in [-0.2, -0.15) is 0 Å². The van der Waals surface area contributed by atoms with Crippen LogP contribution < -0.4 is 5.73 Å². The molecule has 0 radical (unpaired) electrons. The van der Waals surface area contributed by atoms with E-state index in [0.29, 0.717) is 0 Å². The van der Waals surface area contributed by atoms with Gasteiger partial charge in [0.25, 0.3) is 0 Å². The highest BCUT2D eigenvalue weighted by Crippen LogP contribution is 1.99. The van der Waals surface area contributed by atoms with Gasteiger partial charge in [-0.3, -0.25) is 4.79 Å². The Balaban J connectivity index is 3.22. The number of allylic oxidation sites excluding steroid dienone is 1. The van der Waals surface area contributed by atoms with Gasteiger partial charge in [-0.05, 0) is 18.9 Å². The number of carbonyl (C=O) groups is 1. The lowest BCUT2D eigenvalue weighted by atomic mass is 10.2. The molecule has 0 rings (SSSR count). The van der Waals surface area contributed by atoms with Crippen molar-refractivity contribution in [3.63, 3.8) is 0 Å². The van der Waals surface area contributed by atoms with Crippen molar-refractivity contribution in [2.45, 2.75) is 32.6 Å². The van der Waals surface area contributed by atoms with Crippen LogP contribution in [0.4, 0.5) is 0 Å². The maximum absolute atomic E-state index is 10.6. The lowest BCUT2D eigenvalue weighted by molar-refractivity contribution is -0.113. The molecule has 11 heavy (non-hydrogen) atoms. The Morgan fingerprint density at radius 2 is 2.18 bits per heavy atom. The van der Waals surface area contributed by atoms with Crippen LogP contribution in [0.5, 0.6) is 0 Å². The molecule has 0 spiro atoms. The normalized spacial score (nSPS) is 10.7. The summed E-state index contributed by atoms with van der Waals surface area (Å²) >= 11 is 0. The fourth-order valence-corrected chi connectivity index (χ4v) is 0.795. The second-order valence-electron chi connectivity index (χ2n) is 2.57. The van der Waals surface area contributed by atoms with Crippen LogP contribution in [0, 0.1) is 0 Å². The summed E-state index contributed by atoms with van der Waals surface area (Å²) < 4.78 is 0. The van der Waals surface area contributed by atoms with Gasteiger partial charge in [0.2, 0.25) is 0 Å². The van der Waals surface area contributed by atoms with E-state index in [4.69, 9.17) is 5.73 Å². The van der Waals surface area contributed by atoms with Crippen LogP contribution >= 0.6 is 0 Å². The third-order valence-corrected chi connectivity index (χ3v) is 1.48. The minimum Gasteiger partial charge on any atom is -0.324 e. The van der Waals surface area contributed by atoms with Crippen LogP contribution in [0.1, 0.15) is 32.6 Å². The molecule has 2 N–H and O–H groups in total. The van der Waals surface area contributed by atoms with E-state index >= 15 is 0 Å². The van der Waals surface area contributed by atoms with E-state index in [-0.39, 0.29) is 12.3 Å². The molecule has 0 aromatic carbocycles. The van der Waals surface area contributed by atoms with Crippen molar-refractivity contribution in [2.75, 3.05) is 6.54 Å². The molecule has 2 heteroatoms. The predicted octanol–water partition coefficient (Wildman–Crippen LogP) is 1.65. The van der Waals surface area contributed by atoms with E-state index in [1.165, 1.54) is 19.3 Å². The number of hydrogen-bond donors (Lipinski definition) is 1. The molecule has 0 atom stereocenters. The summed E-state index contributed by atoms with van der Waals surface area (Å²) in [5.74, 6) is 0.0153. The zero-order chi connectivity index (χ0) is 8.53. The monoisotopic (exact) mass is 155 g/mol. The molecular formula is C9H17NO. The number of ketones is 1. The maximum atomic E-state index is 10.6. The number of rotatable bonds is 6. The van der Waals surface area contributed by atoms with Gasteiger partial charge in [0.1, 0.15) is 0 Å². The summed E-state index contributed by atoms with van der Waals surface area (Å²) in [4.78, 5) is 10.6. The van der Waals surface area contributed by atoms with E-state index in [2.05, 4.69) is 6.92 Å². The van der Waals surface area contributed by atoms with Crippen molar-refractivity contribution in [3.05, 3.63) is 12.2 Å². The summed E-state index contributed by atoms with van der Waals surface area (Å²) in [6, 6.07) is 0. The molecule has 0 amide bonds. The standard InChI is InChI=1S/C9H17NO/c1-2-3-4-5-6-7-9(11)8-10/h6-7H,2-5,8,10H2,1H3. The first-order valence-electron chi connectivity index (χ1n) is 4.20. The smallest absolute Gasteiger partial charge is 0.168 e. The zero-order valence-electron chi connectivity index (χ0n) is 7.18. The SMILES string of the molecule is CCCCCC=CC(=O)CN. The van der Waals surface area contributed by atoms with Crippen molar-refractivity contribution < 1.29 is 4.79 Å². The summed E-state index contributed by atoms with van der Waals surface area (Å²) in [7, 11) is 0. The molecule has 0 aliphatic rings. The van der Waals surface area contributed by atoms with Crippen LogP contribution in [-0.2, 0) is 4.79 Å². The first-order chi connectivity index (χ1) is 5.31. The van der Waals surface area contributed by atoms with Crippen LogP contribution in [0.3, 0.4) is 0 Å². The Morgan fingerprint density at radius 1 is 1.45 bits per heavy atom. The van der Waals surface area contributed by atoms with E-state index < -0.39 is 0 Å². The van der Waals surface area contributed by atoms with Gasteiger partial charge in [0.15, 0.2) is 5.78 Å². The lowest BCUT2D eigenvalue weighted by Crippen LogP contribution is -2.09. The first-order valence-corrected chi connectivity index (χ1v) is 4.20. The summed E-state index contributed by atoms with van der Waals surface area (Å²) in [6.07, 6.45) is 8.12. The molecule has 0 heterocycles. The molecule has 2 nitrogen and oxygen atoms in total. The molecule has 0 aromatic rings. The predicted molar refractivity (Wildman–Crippen MR) is 47.3 cm³/mol. The van der Waals surface area contributed by atoms with E-state index in [1.54, 1.807) is 6.08 Å². The number of carbonyl (C=O) groups excluding carboxylic acids is 1. The third kappa shape index (κ3) is 7.26. The molecular weight excluding hydrogens is 138 g/mol. The van der Waals surface area contributed by atoms with Gasteiger partial charge in [-0.15, -0.1) is 0 Å². The molecule has 0 aliphatic heterocycles. The zero-order valence-corrected chi connectivity index (χ0v) is 7.18. The largest absolute Gasteiger partial charge is 0.324 e. The molecule has 0 saturated heterocycles. The van der Waals surface area contributed by atoms with E-state index in [0.717, 1.165) is 6.42 Å². The van der Waals surface area contributed by atoms with Crippen molar-refractivity contribution in [1.82, 2.24) is 0 Å². The third-order valence-electron chi connectivity index (χ3n) is 1.48. The van der Waals surface area contributed by atoms with Gasteiger partial charge < -0.3 is 5.73 Å². The van der Waals surface area contributed by atoms with Crippen LogP contribution in [-0.4, -0.2) is 12.3 Å². The summed E-state index contributed by atoms with van der Waals surface area (Å²) in [6.45, 7) is 2.29. The number of nitrogens with two attached hydrogens (primary N) is 1. The highest BCUT2D eigenvalue weighted by atomic mass is 16.1. The van der Waals surface area contributed by atoms with Gasteiger partial charge in [-0.1, -0.05) is 25.8 Å². The summed E-state index contributed by atoms with van der Waals surface area (Å²) in [5, 5.41) is 0. The highest BCUT2D eigenvalue weighted by Gasteiger charge is 1.88. The number of hydrogen-bond acceptors (Lipinski definition) is 2. The van der Waals surface area contributed by atoms with Crippen LogP contribution in [0.2, 0.25) is 0 Å². The lowest BCUT2D eigenvalue weighted by Gasteiger charge is -1.90. The van der Waals surface area contributed by atoms with E-state index in [9.17, 15) is 4.79 Å². The molecule has 0 bridgehead atoms. The Morgan fingerprint density at radius 3 is 2.73 bits per heavy atom. The van der Waals surface area contributed by atoms with Crippen molar-refractivity contribution in [2.24, 2.45) is 5.73 Å². The Hall–Kier alpha value is -0.630.